The number of hydrogen-bond acceptors (Lipinski definition) is 2. The summed E-state index contributed by atoms with van der Waals surface area (Å²) in [5.41, 5.74) is 4.92. The van der Waals surface area contributed by atoms with Gasteiger partial charge >= 0.3 is 29.6 Å². The summed E-state index contributed by atoms with van der Waals surface area (Å²) in [6.07, 6.45) is 0.694. The van der Waals surface area contributed by atoms with Crippen molar-refractivity contribution in [1.82, 2.24) is 0 Å². The third kappa shape index (κ3) is 8.82. The molecule has 0 saturated heterocycles. The Morgan fingerprint density at radius 2 is 2.17 bits per heavy atom. The van der Waals surface area contributed by atoms with Crippen LogP contribution in [0.2, 0.25) is 0 Å². The van der Waals surface area contributed by atoms with E-state index in [2.05, 4.69) is 0 Å². The van der Waals surface area contributed by atoms with E-state index in [1.807, 2.05) is 0 Å². The molecule has 0 amide bonds. The maximum absolute atomic E-state index is 9.38. The molecule has 2 N–H and O–H groups in total. The van der Waals surface area contributed by atoms with Crippen LogP contribution in [0.25, 0.3) is 0 Å². The average Bonchev–Trinajstić information content (AvgIpc) is 1.38. The van der Waals surface area contributed by atoms with Gasteiger partial charge in [0.05, 0.1) is 6.04 Å². The molecule has 6 heavy (non-hydrogen) atoms. The van der Waals surface area contributed by atoms with E-state index < -0.39 is 0 Å². The van der Waals surface area contributed by atoms with Crippen LogP contribution in [0.4, 0.5) is 0 Å². The maximum atomic E-state index is 9.38. The molecule has 0 bridgehead atoms. The molecule has 0 aromatic heterocycles. The fourth-order valence-electron chi connectivity index (χ4n) is 0. The largest absolute Gasteiger partial charge is 1.00 e. The second-order valence-corrected chi connectivity index (χ2v) is 0.995. The standard InChI is InChI=1S/C3H7NO.Na.H/c1-3(4)2-5;;/h2-3H,4H2,1H3;;/q;+1;-1/t3-;;/m0../s1. The molecule has 0 spiro atoms. The van der Waals surface area contributed by atoms with E-state index in [1.54, 1.807) is 6.92 Å². The Hall–Kier alpha value is 0.630. The summed E-state index contributed by atoms with van der Waals surface area (Å²) in [5.74, 6) is 0. The van der Waals surface area contributed by atoms with Crippen LogP contribution in [-0.2, 0) is 4.79 Å². The Morgan fingerprint density at radius 1 is 2.00 bits per heavy atom. The minimum atomic E-state index is -0.296. The first-order valence-electron chi connectivity index (χ1n) is 1.48. The number of hydrogen-bond donors (Lipinski definition) is 1. The zero-order valence-corrected chi connectivity index (χ0v) is 6.14. The predicted molar refractivity (Wildman–Crippen MR) is 20.8 cm³/mol. The fraction of sp³-hybridized carbons (Fsp3) is 0.667. The Labute approximate surface area is 60.9 Å². The first-order chi connectivity index (χ1) is 2.27. The van der Waals surface area contributed by atoms with Gasteiger partial charge in [0.25, 0.3) is 0 Å². The minimum absolute atomic E-state index is 0. The third-order valence-electron chi connectivity index (χ3n) is 0.215. The molecule has 32 valence electrons. The zero-order chi connectivity index (χ0) is 4.28. The zero-order valence-electron chi connectivity index (χ0n) is 5.14. The Kier molecular flexibility index (Phi) is 9.20. The number of rotatable bonds is 1. The summed E-state index contributed by atoms with van der Waals surface area (Å²) < 4.78 is 0. The third-order valence-corrected chi connectivity index (χ3v) is 0.215. The predicted octanol–water partition coefficient (Wildman–Crippen LogP) is -3.35. The molecule has 3 heteroatoms. The Balaban J connectivity index is -0.0000000800. The molecular weight excluding hydrogens is 89.0 g/mol. The van der Waals surface area contributed by atoms with E-state index in [1.165, 1.54) is 0 Å². The summed E-state index contributed by atoms with van der Waals surface area (Å²) >= 11 is 0. The Bertz CT molecular complexity index is 41.9. The SMILES string of the molecule is C[C@H](N)C=O.[H-].[Na+]. The summed E-state index contributed by atoms with van der Waals surface area (Å²) in [7, 11) is 0. The first kappa shape index (κ1) is 9.80. The van der Waals surface area contributed by atoms with Gasteiger partial charge in [0.2, 0.25) is 0 Å². The molecule has 2 nitrogen and oxygen atoms in total. The molecule has 0 aromatic rings. The molecule has 0 aromatic carbocycles. The van der Waals surface area contributed by atoms with Gasteiger partial charge in [0.1, 0.15) is 6.29 Å². The average molecular weight is 97.1 g/mol. The summed E-state index contributed by atoms with van der Waals surface area (Å²) in [6.45, 7) is 1.63. The van der Waals surface area contributed by atoms with Crippen LogP contribution < -0.4 is 35.3 Å². The van der Waals surface area contributed by atoms with Crippen molar-refractivity contribution in [2.45, 2.75) is 13.0 Å². The summed E-state index contributed by atoms with van der Waals surface area (Å²) in [4.78, 5) is 9.38. The van der Waals surface area contributed by atoms with Gasteiger partial charge in [-0.15, -0.1) is 0 Å². The molecule has 0 saturated carbocycles. The molecule has 0 aliphatic carbocycles. The topological polar surface area (TPSA) is 43.1 Å². The molecule has 0 aliphatic rings. The monoisotopic (exact) mass is 97.1 g/mol. The van der Waals surface area contributed by atoms with Crippen molar-refractivity contribution in [3.8, 4) is 0 Å². The van der Waals surface area contributed by atoms with E-state index in [9.17, 15) is 4.79 Å². The molecule has 0 rings (SSSR count). The van der Waals surface area contributed by atoms with Gasteiger partial charge in [-0.2, -0.15) is 0 Å². The van der Waals surface area contributed by atoms with E-state index >= 15 is 0 Å². The van der Waals surface area contributed by atoms with Crippen LogP contribution in [0.3, 0.4) is 0 Å². The van der Waals surface area contributed by atoms with Crippen molar-refractivity contribution in [3.63, 3.8) is 0 Å². The molecule has 0 aliphatic heterocycles. The van der Waals surface area contributed by atoms with Crippen LogP contribution in [0.15, 0.2) is 0 Å². The van der Waals surface area contributed by atoms with Gasteiger partial charge in [0, 0.05) is 0 Å². The smallest absolute Gasteiger partial charge is 1.00 e. The Morgan fingerprint density at radius 3 is 2.17 bits per heavy atom. The van der Waals surface area contributed by atoms with Crippen molar-refractivity contribution in [2.24, 2.45) is 5.73 Å². The van der Waals surface area contributed by atoms with E-state index in [0.717, 1.165) is 0 Å². The van der Waals surface area contributed by atoms with Gasteiger partial charge in [-0.1, -0.05) is 0 Å². The van der Waals surface area contributed by atoms with Crippen LogP contribution >= 0.6 is 0 Å². The first-order valence-corrected chi connectivity index (χ1v) is 1.48. The van der Waals surface area contributed by atoms with E-state index in [4.69, 9.17) is 5.73 Å². The second kappa shape index (κ2) is 5.63. The van der Waals surface area contributed by atoms with Crippen LogP contribution in [-0.4, -0.2) is 12.3 Å². The van der Waals surface area contributed by atoms with Crippen molar-refractivity contribution < 1.29 is 35.8 Å². The molecule has 0 heterocycles. The maximum Gasteiger partial charge on any atom is 1.00 e. The van der Waals surface area contributed by atoms with Crippen molar-refractivity contribution in [3.05, 3.63) is 0 Å². The quantitative estimate of drug-likeness (QED) is 0.274. The van der Waals surface area contributed by atoms with Crippen molar-refractivity contribution in [1.29, 1.82) is 0 Å². The molecule has 0 fully saturated rings. The number of nitrogens with two attached hydrogens (primary N) is 1. The van der Waals surface area contributed by atoms with E-state index in [-0.39, 0.29) is 37.0 Å². The molecule has 0 radical (unpaired) electrons. The molecule has 1 atom stereocenters. The number of aldehydes is 1. The van der Waals surface area contributed by atoms with Gasteiger partial charge < -0.3 is 12.0 Å². The van der Waals surface area contributed by atoms with Crippen LogP contribution in [0, 0.1) is 0 Å². The molecule has 0 unspecified atom stereocenters. The van der Waals surface area contributed by atoms with Crippen molar-refractivity contribution in [2.75, 3.05) is 0 Å². The summed E-state index contributed by atoms with van der Waals surface area (Å²) in [6, 6.07) is -0.296. The fourth-order valence-corrected chi connectivity index (χ4v) is 0. The van der Waals surface area contributed by atoms with Crippen LogP contribution in [0.5, 0.6) is 0 Å². The van der Waals surface area contributed by atoms with Gasteiger partial charge in [-0.05, 0) is 6.92 Å². The molecular formula is C3H8NNaO. The van der Waals surface area contributed by atoms with E-state index in [0.29, 0.717) is 6.29 Å². The normalized spacial score (nSPS) is 11.7. The van der Waals surface area contributed by atoms with Crippen molar-refractivity contribution >= 4 is 6.29 Å². The van der Waals surface area contributed by atoms with Gasteiger partial charge in [-0.3, -0.25) is 0 Å². The summed E-state index contributed by atoms with van der Waals surface area (Å²) in [5, 5.41) is 0. The minimum Gasteiger partial charge on any atom is -1.00 e. The number of carbonyl (C=O) groups excluding carboxylic acids is 1. The van der Waals surface area contributed by atoms with Gasteiger partial charge in [-0.25, -0.2) is 0 Å². The van der Waals surface area contributed by atoms with Gasteiger partial charge in [0.15, 0.2) is 0 Å². The second-order valence-electron chi connectivity index (χ2n) is 0.995. The van der Waals surface area contributed by atoms with Crippen LogP contribution in [0.1, 0.15) is 8.35 Å². The number of carbonyl (C=O) groups is 1.